The van der Waals surface area contributed by atoms with Crippen molar-refractivity contribution in [2.24, 2.45) is 0 Å². The summed E-state index contributed by atoms with van der Waals surface area (Å²) in [6.07, 6.45) is 2.82. The summed E-state index contributed by atoms with van der Waals surface area (Å²) in [4.78, 5) is 4.28. The third-order valence-corrected chi connectivity index (χ3v) is 2.28. The van der Waals surface area contributed by atoms with E-state index in [0.29, 0.717) is 0 Å². The standard InChI is InChI=1S/C14H23N3/c1-6-13-9-12(7-8-15-13)10-16-11(2)17-14(3,4)5/h7-9,16-17H,2,6,10H2,1,3-5H3. The molecule has 0 atom stereocenters. The highest BCUT2D eigenvalue weighted by atomic mass is 15.1. The molecule has 0 saturated heterocycles. The Labute approximate surface area is 104 Å². The van der Waals surface area contributed by atoms with Crippen LogP contribution in [0.1, 0.15) is 39.0 Å². The third kappa shape index (κ3) is 5.38. The summed E-state index contributed by atoms with van der Waals surface area (Å²) in [5.74, 6) is 0.854. The van der Waals surface area contributed by atoms with Crippen LogP contribution in [-0.2, 0) is 13.0 Å². The zero-order valence-electron chi connectivity index (χ0n) is 11.3. The lowest BCUT2D eigenvalue weighted by Crippen LogP contribution is -2.39. The van der Waals surface area contributed by atoms with Crippen LogP contribution < -0.4 is 10.6 Å². The molecule has 1 aromatic heterocycles. The molecule has 0 spiro atoms. The molecule has 3 nitrogen and oxygen atoms in total. The van der Waals surface area contributed by atoms with Gasteiger partial charge in [0.05, 0.1) is 5.82 Å². The minimum atomic E-state index is 0.0386. The lowest BCUT2D eigenvalue weighted by atomic mass is 10.1. The number of rotatable bonds is 5. The van der Waals surface area contributed by atoms with Crippen molar-refractivity contribution in [3.05, 3.63) is 42.0 Å². The Morgan fingerprint density at radius 1 is 1.41 bits per heavy atom. The van der Waals surface area contributed by atoms with Crippen molar-refractivity contribution in [2.75, 3.05) is 0 Å². The van der Waals surface area contributed by atoms with E-state index < -0.39 is 0 Å². The van der Waals surface area contributed by atoms with E-state index in [1.54, 1.807) is 0 Å². The van der Waals surface area contributed by atoms with Gasteiger partial charge in [0, 0.05) is 24.0 Å². The van der Waals surface area contributed by atoms with Gasteiger partial charge in [-0.05, 0) is 44.9 Å². The molecule has 1 heterocycles. The van der Waals surface area contributed by atoms with Crippen molar-refractivity contribution in [3.63, 3.8) is 0 Å². The molecule has 2 N–H and O–H groups in total. The van der Waals surface area contributed by atoms with Gasteiger partial charge in [-0.2, -0.15) is 0 Å². The topological polar surface area (TPSA) is 37.0 Å². The second-order valence-electron chi connectivity index (χ2n) is 5.22. The Kier molecular flexibility index (Phi) is 4.55. The molecular weight excluding hydrogens is 210 g/mol. The fraction of sp³-hybridized carbons (Fsp3) is 0.500. The van der Waals surface area contributed by atoms with E-state index in [4.69, 9.17) is 0 Å². The van der Waals surface area contributed by atoms with Gasteiger partial charge < -0.3 is 10.6 Å². The monoisotopic (exact) mass is 233 g/mol. The zero-order chi connectivity index (χ0) is 12.9. The SMILES string of the molecule is C=C(NCc1ccnc(CC)c1)NC(C)(C)C. The normalized spacial score (nSPS) is 11.1. The van der Waals surface area contributed by atoms with Crippen LogP contribution in [0.15, 0.2) is 30.7 Å². The number of nitrogens with one attached hydrogen (secondary N) is 2. The first-order valence-electron chi connectivity index (χ1n) is 6.05. The number of aryl methyl sites for hydroxylation is 1. The van der Waals surface area contributed by atoms with Crippen molar-refractivity contribution >= 4 is 0 Å². The molecule has 0 fully saturated rings. The fourth-order valence-corrected chi connectivity index (χ4v) is 1.54. The van der Waals surface area contributed by atoms with Crippen LogP contribution in [-0.4, -0.2) is 10.5 Å². The molecule has 0 radical (unpaired) electrons. The average molecular weight is 233 g/mol. The first kappa shape index (κ1) is 13.6. The Morgan fingerprint density at radius 2 is 2.12 bits per heavy atom. The molecule has 0 amide bonds. The first-order valence-corrected chi connectivity index (χ1v) is 6.05. The first-order chi connectivity index (χ1) is 7.90. The molecule has 94 valence electrons. The summed E-state index contributed by atoms with van der Waals surface area (Å²) < 4.78 is 0. The van der Waals surface area contributed by atoms with Gasteiger partial charge >= 0.3 is 0 Å². The van der Waals surface area contributed by atoms with E-state index in [2.05, 4.69) is 56.0 Å². The minimum Gasteiger partial charge on any atom is -0.368 e. The molecule has 17 heavy (non-hydrogen) atoms. The highest BCUT2D eigenvalue weighted by Crippen LogP contribution is 2.04. The van der Waals surface area contributed by atoms with Crippen LogP contribution in [0.5, 0.6) is 0 Å². The molecule has 0 aliphatic carbocycles. The maximum atomic E-state index is 4.28. The Morgan fingerprint density at radius 3 is 2.71 bits per heavy atom. The van der Waals surface area contributed by atoms with Gasteiger partial charge in [0.25, 0.3) is 0 Å². The quantitative estimate of drug-likeness (QED) is 0.821. The Hall–Kier alpha value is -1.51. The summed E-state index contributed by atoms with van der Waals surface area (Å²) in [7, 11) is 0. The highest BCUT2D eigenvalue weighted by molar-refractivity contribution is 5.17. The van der Waals surface area contributed by atoms with Crippen LogP contribution in [0, 0.1) is 0 Å². The average Bonchev–Trinajstić information content (AvgIpc) is 2.24. The van der Waals surface area contributed by atoms with Gasteiger partial charge in [0.1, 0.15) is 0 Å². The van der Waals surface area contributed by atoms with Gasteiger partial charge in [-0.1, -0.05) is 13.5 Å². The predicted octanol–water partition coefficient (Wildman–Crippen LogP) is 2.59. The van der Waals surface area contributed by atoms with Crippen molar-refractivity contribution in [3.8, 4) is 0 Å². The van der Waals surface area contributed by atoms with Crippen LogP contribution >= 0.6 is 0 Å². The molecular formula is C14H23N3. The van der Waals surface area contributed by atoms with Crippen LogP contribution in [0.3, 0.4) is 0 Å². The highest BCUT2D eigenvalue weighted by Gasteiger charge is 2.09. The lowest BCUT2D eigenvalue weighted by molar-refractivity contribution is 0.452. The zero-order valence-corrected chi connectivity index (χ0v) is 11.3. The predicted molar refractivity (Wildman–Crippen MR) is 72.5 cm³/mol. The van der Waals surface area contributed by atoms with E-state index in [0.717, 1.165) is 24.5 Å². The number of pyridine rings is 1. The van der Waals surface area contributed by atoms with E-state index in [-0.39, 0.29) is 5.54 Å². The molecule has 0 aliphatic rings. The van der Waals surface area contributed by atoms with Gasteiger partial charge in [-0.25, -0.2) is 0 Å². The van der Waals surface area contributed by atoms with Crippen LogP contribution in [0.4, 0.5) is 0 Å². The van der Waals surface area contributed by atoms with Crippen LogP contribution in [0.2, 0.25) is 0 Å². The number of hydrogen-bond donors (Lipinski definition) is 2. The van der Waals surface area contributed by atoms with E-state index in [1.807, 2.05) is 12.3 Å². The molecule has 0 bridgehead atoms. The summed E-state index contributed by atoms with van der Waals surface area (Å²) in [6.45, 7) is 13.2. The minimum absolute atomic E-state index is 0.0386. The summed E-state index contributed by atoms with van der Waals surface area (Å²) >= 11 is 0. The lowest BCUT2D eigenvalue weighted by Gasteiger charge is -2.24. The molecule has 0 unspecified atom stereocenters. The van der Waals surface area contributed by atoms with Gasteiger partial charge in [0.2, 0.25) is 0 Å². The summed E-state index contributed by atoms with van der Waals surface area (Å²) in [6, 6.07) is 4.15. The largest absolute Gasteiger partial charge is 0.368 e. The maximum absolute atomic E-state index is 4.28. The smallest absolute Gasteiger partial charge is 0.0919 e. The van der Waals surface area contributed by atoms with Gasteiger partial charge in [-0.15, -0.1) is 0 Å². The van der Waals surface area contributed by atoms with Crippen molar-refractivity contribution < 1.29 is 0 Å². The number of hydrogen-bond acceptors (Lipinski definition) is 3. The van der Waals surface area contributed by atoms with E-state index in [9.17, 15) is 0 Å². The van der Waals surface area contributed by atoms with E-state index >= 15 is 0 Å². The van der Waals surface area contributed by atoms with Gasteiger partial charge in [-0.3, -0.25) is 4.98 Å². The summed E-state index contributed by atoms with van der Waals surface area (Å²) in [5.41, 5.74) is 2.39. The summed E-state index contributed by atoms with van der Waals surface area (Å²) in [5, 5.41) is 6.57. The van der Waals surface area contributed by atoms with Crippen molar-refractivity contribution in [1.82, 2.24) is 15.6 Å². The molecule has 3 heteroatoms. The van der Waals surface area contributed by atoms with Crippen LogP contribution in [0.25, 0.3) is 0 Å². The molecule has 0 aliphatic heterocycles. The Balaban J connectivity index is 2.47. The fourth-order valence-electron chi connectivity index (χ4n) is 1.54. The maximum Gasteiger partial charge on any atom is 0.0919 e. The number of aromatic nitrogens is 1. The molecule has 1 aromatic rings. The van der Waals surface area contributed by atoms with Gasteiger partial charge in [0.15, 0.2) is 0 Å². The Bertz CT molecular complexity index is 377. The second kappa shape index (κ2) is 5.71. The molecule has 0 aromatic carbocycles. The number of nitrogens with zero attached hydrogens (tertiary/aromatic N) is 1. The van der Waals surface area contributed by atoms with Crippen molar-refractivity contribution in [1.29, 1.82) is 0 Å². The molecule has 0 saturated carbocycles. The van der Waals surface area contributed by atoms with Crippen molar-refractivity contribution in [2.45, 2.75) is 46.2 Å². The van der Waals surface area contributed by atoms with E-state index in [1.165, 1.54) is 5.56 Å². The molecule has 1 rings (SSSR count). The second-order valence-corrected chi connectivity index (χ2v) is 5.22. The third-order valence-electron chi connectivity index (χ3n) is 2.28.